The number of halogens is 2. The smallest absolute Gasteiger partial charge is 0.268 e. The molecule has 1 aliphatic heterocycles. The van der Waals surface area contributed by atoms with Gasteiger partial charge in [-0.25, -0.2) is 0 Å². The molecule has 0 unspecified atom stereocenters. The number of hydrogen-bond acceptors (Lipinski definition) is 4. The summed E-state index contributed by atoms with van der Waals surface area (Å²) in [5, 5.41) is 0.529. The molecule has 0 N–H and O–H groups in total. The average molecular weight is 426 g/mol. The normalized spacial score (nSPS) is 16.5. The Hall–Kier alpha value is -1.21. The van der Waals surface area contributed by atoms with Crippen molar-refractivity contribution < 1.29 is 4.79 Å². The van der Waals surface area contributed by atoms with Crippen molar-refractivity contribution in [3.05, 3.63) is 62.2 Å². The van der Waals surface area contributed by atoms with Gasteiger partial charge in [-0.3, -0.25) is 14.7 Å². The molecule has 0 radical (unpaired) electrons. The third-order valence-electron chi connectivity index (χ3n) is 3.14. The van der Waals surface area contributed by atoms with E-state index in [1.54, 1.807) is 24.3 Å². The van der Waals surface area contributed by atoms with Crippen LogP contribution in [-0.2, 0) is 4.79 Å². The largest absolute Gasteiger partial charge is 0.270 e. The summed E-state index contributed by atoms with van der Waals surface area (Å²) >= 11 is 16.1. The molecule has 0 bridgehead atoms. The Bertz CT molecular complexity index is 854. The predicted octanol–water partition coefficient (Wildman–Crippen LogP) is 5.21. The van der Waals surface area contributed by atoms with Crippen molar-refractivity contribution in [2.24, 2.45) is 0 Å². The van der Waals surface area contributed by atoms with Gasteiger partial charge in [0.05, 0.1) is 21.3 Å². The second-order valence-electron chi connectivity index (χ2n) is 4.82. The lowest BCUT2D eigenvalue weighted by atomic mass is 10.2. The monoisotopic (exact) mass is 424 g/mol. The number of nitrogens with zero attached hydrogens (tertiary/aromatic N) is 2. The predicted molar refractivity (Wildman–Crippen MR) is 104 cm³/mol. The minimum atomic E-state index is -0.165. The van der Waals surface area contributed by atoms with Gasteiger partial charge in [0, 0.05) is 10.2 Å². The van der Waals surface area contributed by atoms with Gasteiger partial charge < -0.3 is 0 Å². The van der Waals surface area contributed by atoms with E-state index in [1.165, 1.54) is 16.7 Å². The highest BCUT2D eigenvalue weighted by molar-refractivity contribution is 9.10. The first-order chi connectivity index (χ1) is 11.0. The van der Waals surface area contributed by atoms with Crippen LogP contribution in [0.4, 0.5) is 5.69 Å². The summed E-state index contributed by atoms with van der Waals surface area (Å²) in [6.07, 6.45) is 1.76. The zero-order valence-electron chi connectivity index (χ0n) is 11.9. The first-order valence-corrected chi connectivity index (χ1v) is 9.02. The highest BCUT2D eigenvalue weighted by atomic mass is 79.9. The van der Waals surface area contributed by atoms with E-state index in [9.17, 15) is 4.79 Å². The lowest BCUT2D eigenvalue weighted by molar-refractivity contribution is -0.113. The van der Waals surface area contributed by atoms with Crippen molar-refractivity contribution in [1.82, 2.24) is 4.98 Å². The van der Waals surface area contributed by atoms with Crippen LogP contribution in [0.15, 0.2) is 45.8 Å². The summed E-state index contributed by atoms with van der Waals surface area (Å²) in [5.74, 6) is -0.165. The van der Waals surface area contributed by atoms with Gasteiger partial charge in [-0.1, -0.05) is 41.6 Å². The van der Waals surface area contributed by atoms with Crippen LogP contribution in [0.5, 0.6) is 0 Å². The quantitative estimate of drug-likeness (QED) is 0.488. The van der Waals surface area contributed by atoms with Crippen molar-refractivity contribution in [3.8, 4) is 0 Å². The van der Waals surface area contributed by atoms with Crippen molar-refractivity contribution >= 4 is 73.5 Å². The highest BCUT2D eigenvalue weighted by Crippen LogP contribution is 2.37. The maximum Gasteiger partial charge on any atom is 0.270 e. The Morgan fingerprint density at radius 1 is 1.35 bits per heavy atom. The van der Waals surface area contributed by atoms with Crippen LogP contribution in [0.1, 0.15) is 11.4 Å². The molecule has 1 fully saturated rings. The van der Waals surface area contributed by atoms with E-state index in [4.69, 9.17) is 23.8 Å². The van der Waals surface area contributed by atoms with E-state index in [1.807, 2.05) is 25.1 Å². The van der Waals surface area contributed by atoms with Crippen LogP contribution >= 0.6 is 51.5 Å². The summed E-state index contributed by atoms with van der Waals surface area (Å²) in [6, 6.07) is 11.0. The van der Waals surface area contributed by atoms with Gasteiger partial charge in [0.25, 0.3) is 5.91 Å². The summed E-state index contributed by atoms with van der Waals surface area (Å²) in [5.41, 5.74) is 2.29. The zero-order valence-corrected chi connectivity index (χ0v) is 15.9. The van der Waals surface area contributed by atoms with E-state index >= 15 is 0 Å². The number of carbonyl (C=O) groups excluding carboxylic acids is 1. The van der Waals surface area contributed by atoms with Gasteiger partial charge in [-0.15, -0.1) is 0 Å². The molecular weight excluding hydrogens is 416 g/mol. The van der Waals surface area contributed by atoms with Gasteiger partial charge >= 0.3 is 0 Å². The summed E-state index contributed by atoms with van der Waals surface area (Å²) < 4.78 is 1.25. The molecule has 3 nitrogen and oxygen atoms in total. The Labute approximate surface area is 156 Å². The Balaban J connectivity index is 1.95. The fourth-order valence-electron chi connectivity index (χ4n) is 2.09. The molecule has 1 aromatic carbocycles. The molecule has 3 rings (SSSR count). The Morgan fingerprint density at radius 3 is 2.83 bits per heavy atom. The molecule has 1 amide bonds. The van der Waals surface area contributed by atoms with Crippen LogP contribution in [0.3, 0.4) is 0 Å². The summed E-state index contributed by atoms with van der Waals surface area (Å²) in [6.45, 7) is 1.91. The first-order valence-electron chi connectivity index (χ1n) is 6.62. The van der Waals surface area contributed by atoms with Crippen molar-refractivity contribution in [2.75, 3.05) is 4.90 Å². The number of carbonyl (C=O) groups is 1. The standard InChI is InChI=1S/C16H10BrClN2OS2/c1-9-3-2-4-10(19-9)7-14-15(21)20(16(22)23-14)11-5-6-12(17)13(18)8-11/h2-8H,1H3/b14-7+. The Kier molecular flexibility index (Phi) is 4.87. The van der Waals surface area contributed by atoms with Crippen LogP contribution in [0.25, 0.3) is 6.08 Å². The number of thiocarbonyl (C=S) groups is 1. The summed E-state index contributed by atoms with van der Waals surface area (Å²) in [7, 11) is 0. The molecular formula is C16H10BrClN2OS2. The molecule has 1 aromatic heterocycles. The van der Waals surface area contributed by atoms with Crippen LogP contribution in [0.2, 0.25) is 5.02 Å². The third kappa shape index (κ3) is 3.50. The van der Waals surface area contributed by atoms with E-state index in [0.29, 0.717) is 19.9 Å². The van der Waals surface area contributed by atoms with Gasteiger partial charge in [-0.2, -0.15) is 0 Å². The zero-order chi connectivity index (χ0) is 16.6. The van der Waals surface area contributed by atoms with Crippen LogP contribution in [-0.4, -0.2) is 15.2 Å². The van der Waals surface area contributed by atoms with Gasteiger partial charge in [0.15, 0.2) is 4.32 Å². The van der Waals surface area contributed by atoms with Crippen LogP contribution < -0.4 is 4.90 Å². The molecule has 0 spiro atoms. The molecule has 1 saturated heterocycles. The molecule has 2 heterocycles. The number of amides is 1. The number of hydrogen-bond donors (Lipinski definition) is 0. The van der Waals surface area contributed by atoms with Crippen LogP contribution in [0, 0.1) is 6.92 Å². The molecule has 0 atom stereocenters. The lowest BCUT2D eigenvalue weighted by Crippen LogP contribution is -2.27. The summed E-state index contributed by atoms with van der Waals surface area (Å²) in [4.78, 5) is 19.1. The lowest BCUT2D eigenvalue weighted by Gasteiger charge is -2.15. The van der Waals surface area contributed by atoms with Gasteiger partial charge in [-0.05, 0) is 59.3 Å². The fourth-order valence-corrected chi connectivity index (χ4v) is 3.80. The average Bonchev–Trinajstić information content (AvgIpc) is 2.77. The van der Waals surface area contributed by atoms with Crippen molar-refractivity contribution in [2.45, 2.75) is 6.92 Å². The maximum atomic E-state index is 12.7. The molecule has 1 aliphatic rings. The number of pyridine rings is 1. The SMILES string of the molecule is Cc1cccc(/C=C2/SC(=S)N(c3ccc(Br)c(Cl)c3)C2=O)n1. The molecule has 7 heteroatoms. The second kappa shape index (κ2) is 6.73. The minimum Gasteiger partial charge on any atom is -0.268 e. The molecule has 0 saturated carbocycles. The molecule has 116 valence electrons. The number of benzene rings is 1. The molecule has 2 aromatic rings. The number of aromatic nitrogens is 1. The number of thioether (sulfide) groups is 1. The van der Waals surface area contributed by atoms with E-state index in [-0.39, 0.29) is 5.91 Å². The van der Waals surface area contributed by atoms with Crippen molar-refractivity contribution in [1.29, 1.82) is 0 Å². The molecule has 23 heavy (non-hydrogen) atoms. The topological polar surface area (TPSA) is 33.2 Å². The van der Waals surface area contributed by atoms with Crippen molar-refractivity contribution in [3.63, 3.8) is 0 Å². The van der Waals surface area contributed by atoms with Gasteiger partial charge in [0.1, 0.15) is 0 Å². The first kappa shape index (κ1) is 16.6. The second-order valence-corrected chi connectivity index (χ2v) is 7.76. The number of rotatable bonds is 2. The van der Waals surface area contributed by atoms with E-state index in [2.05, 4.69) is 20.9 Å². The minimum absolute atomic E-state index is 0.165. The highest BCUT2D eigenvalue weighted by Gasteiger charge is 2.33. The Morgan fingerprint density at radius 2 is 2.13 bits per heavy atom. The van der Waals surface area contributed by atoms with Gasteiger partial charge in [0.2, 0.25) is 0 Å². The number of anilines is 1. The maximum absolute atomic E-state index is 12.7. The third-order valence-corrected chi connectivity index (χ3v) is 5.68. The fraction of sp³-hybridized carbons (Fsp3) is 0.0625. The van der Waals surface area contributed by atoms with E-state index < -0.39 is 0 Å². The molecule has 0 aliphatic carbocycles. The van der Waals surface area contributed by atoms with E-state index in [0.717, 1.165) is 15.9 Å². The number of aryl methyl sites for hydroxylation is 1.